The highest BCUT2D eigenvalue weighted by Gasteiger charge is 2.15. The topological polar surface area (TPSA) is 15.3 Å². The summed E-state index contributed by atoms with van der Waals surface area (Å²) in [6, 6.07) is 5.95. The Kier molecular flexibility index (Phi) is 3.56. The molecule has 88 valence electrons. The molecule has 2 nitrogen and oxygen atoms in total. The summed E-state index contributed by atoms with van der Waals surface area (Å²) in [6.07, 6.45) is 0. The van der Waals surface area contributed by atoms with Crippen LogP contribution in [0.4, 0.5) is 4.39 Å². The fraction of sp³-hybridized carbons (Fsp3) is 0.538. The average molecular weight is 222 g/mol. The molecule has 1 saturated heterocycles. The molecule has 0 aromatic heterocycles. The Balaban J connectivity index is 2.00. The summed E-state index contributed by atoms with van der Waals surface area (Å²) in [5.41, 5.74) is 1.94. The lowest BCUT2D eigenvalue weighted by atomic mass is 10.1. The van der Waals surface area contributed by atoms with Crippen molar-refractivity contribution < 1.29 is 4.39 Å². The van der Waals surface area contributed by atoms with Crippen LogP contribution in [0.5, 0.6) is 0 Å². The molecule has 1 aliphatic rings. The highest BCUT2D eigenvalue weighted by atomic mass is 19.1. The van der Waals surface area contributed by atoms with Crippen LogP contribution >= 0.6 is 0 Å². The maximum Gasteiger partial charge on any atom is 0.126 e. The van der Waals surface area contributed by atoms with E-state index in [2.05, 4.69) is 17.1 Å². The van der Waals surface area contributed by atoms with Crippen LogP contribution < -0.4 is 5.32 Å². The van der Waals surface area contributed by atoms with Crippen molar-refractivity contribution in [3.05, 3.63) is 35.1 Å². The Bertz CT molecular complexity index is 365. The van der Waals surface area contributed by atoms with Gasteiger partial charge in [0.25, 0.3) is 0 Å². The van der Waals surface area contributed by atoms with Crippen molar-refractivity contribution in [2.24, 2.45) is 0 Å². The first kappa shape index (κ1) is 11.6. The first-order valence-corrected chi connectivity index (χ1v) is 5.86. The van der Waals surface area contributed by atoms with E-state index in [0.717, 1.165) is 31.7 Å². The van der Waals surface area contributed by atoms with Crippen LogP contribution in [0, 0.1) is 12.7 Å². The number of halogens is 1. The smallest absolute Gasteiger partial charge is 0.126 e. The highest BCUT2D eigenvalue weighted by molar-refractivity contribution is 5.23. The Labute approximate surface area is 96.5 Å². The van der Waals surface area contributed by atoms with Crippen LogP contribution in [0.3, 0.4) is 0 Å². The fourth-order valence-electron chi connectivity index (χ4n) is 2.22. The van der Waals surface area contributed by atoms with Crippen LogP contribution in [0.1, 0.15) is 18.1 Å². The van der Waals surface area contributed by atoms with Crippen LogP contribution in [-0.2, 0) is 6.54 Å². The van der Waals surface area contributed by atoms with Gasteiger partial charge in [0.2, 0.25) is 0 Å². The minimum absolute atomic E-state index is 0.113. The van der Waals surface area contributed by atoms with Gasteiger partial charge < -0.3 is 5.32 Å². The molecule has 0 radical (unpaired) electrons. The average Bonchev–Trinajstić information content (AvgIpc) is 2.24. The summed E-state index contributed by atoms with van der Waals surface area (Å²) in [5.74, 6) is -0.113. The normalized spacial score (nSPS) is 22.3. The number of piperazine rings is 1. The third-order valence-electron chi connectivity index (χ3n) is 3.08. The highest BCUT2D eigenvalue weighted by Crippen LogP contribution is 2.12. The van der Waals surface area contributed by atoms with Gasteiger partial charge in [-0.05, 0) is 31.0 Å². The Morgan fingerprint density at radius 2 is 2.31 bits per heavy atom. The Hall–Kier alpha value is -0.930. The zero-order valence-corrected chi connectivity index (χ0v) is 9.96. The second kappa shape index (κ2) is 4.93. The maximum absolute atomic E-state index is 13.1. The van der Waals surface area contributed by atoms with Crippen molar-refractivity contribution >= 4 is 0 Å². The van der Waals surface area contributed by atoms with Gasteiger partial charge >= 0.3 is 0 Å². The zero-order valence-electron chi connectivity index (χ0n) is 9.96. The monoisotopic (exact) mass is 222 g/mol. The molecule has 1 N–H and O–H groups in total. The van der Waals surface area contributed by atoms with Crippen molar-refractivity contribution in [3.8, 4) is 0 Å². The van der Waals surface area contributed by atoms with Crippen LogP contribution in [-0.4, -0.2) is 30.6 Å². The lowest BCUT2D eigenvalue weighted by molar-refractivity contribution is 0.199. The second-order valence-electron chi connectivity index (χ2n) is 4.67. The van der Waals surface area contributed by atoms with Gasteiger partial charge in [-0.1, -0.05) is 12.1 Å². The summed E-state index contributed by atoms with van der Waals surface area (Å²) in [6.45, 7) is 8.12. The van der Waals surface area contributed by atoms with Crippen molar-refractivity contribution in [2.75, 3.05) is 19.6 Å². The molecule has 0 amide bonds. The molecule has 0 spiro atoms. The molecule has 2 rings (SSSR count). The van der Waals surface area contributed by atoms with Crippen molar-refractivity contribution in [3.63, 3.8) is 0 Å². The number of hydrogen-bond donors (Lipinski definition) is 1. The van der Waals surface area contributed by atoms with E-state index < -0.39 is 0 Å². The molecule has 3 heteroatoms. The molecular formula is C13H19FN2. The number of hydrogen-bond acceptors (Lipinski definition) is 2. The lowest BCUT2D eigenvalue weighted by Gasteiger charge is -2.31. The van der Waals surface area contributed by atoms with Gasteiger partial charge in [-0.3, -0.25) is 4.90 Å². The van der Waals surface area contributed by atoms with Crippen molar-refractivity contribution in [1.29, 1.82) is 0 Å². The quantitative estimate of drug-likeness (QED) is 0.822. The first-order valence-electron chi connectivity index (χ1n) is 5.86. The van der Waals surface area contributed by atoms with E-state index in [-0.39, 0.29) is 5.82 Å². The van der Waals surface area contributed by atoms with E-state index in [1.54, 1.807) is 6.07 Å². The Morgan fingerprint density at radius 1 is 1.50 bits per heavy atom. The summed E-state index contributed by atoms with van der Waals surface area (Å²) >= 11 is 0. The molecule has 0 bridgehead atoms. The molecule has 16 heavy (non-hydrogen) atoms. The summed E-state index contributed by atoms with van der Waals surface area (Å²) < 4.78 is 13.1. The SMILES string of the molecule is Cc1cc(CN2CCN[C@H](C)C2)ccc1F. The van der Waals surface area contributed by atoms with E-state index in [0.29, 0.717) is 6.04 Å². The minimum atomic E-state index is -0.113. The molecule has 0 aliphatic carbocycles. The largest absolute Gasteiger partial charge is 0.312 e. The van der Waals surface area contributed by atoms with Crippen molar-refractivity contribution in [1.82, 2.24) is 10.2 Å². The standard InChI is InChI=1S/C13H19FN2/c1-10-7-12(3-4-13(10)14)9-16-6-5-15-11(2)8-16/h3-4,7,11,15H,5-6,8-9H2,1-2H3/t11-/m1/s1. The number of benzene rings is 1. The molecular weight excluding hydrogens is 203 g/mol. The number of nitrogens with zero attached hydrogens (tertiary/aromatic N) is 1. The fourth-order valence-corrected chi connectivity index (χ4v) is 2.22. The van der Waals surface area contributed by atoms with E-state index in [9.17, 15) is 4.39 Å². The lowest BCUT2D eigenvalue weighted by Crippen LogP contribution is -2.48. The van der Waals surface area contributed by atoms with Crippen LogP contribution in [0.15, 0.2) is 18.2 Å². The first-order chi connectivity index (χ1) is 7.65. The summed E-state index contributed by atoms with van der Waals surface area (Å²) in [5, 5.41) is 3.42. The third kappa shape index (κ3) is 2.80. The Morgan fingerprint density at radius 3 is 3.00 bits per heavy atom. The van der Waals surface area contributed by atoms with E-state index in [1.807, 2.05) is 19.1 Å². The van der Waals surface area contributed by atoms with Crippen molar-refractivity contribution in [2.45, 2.75) is 26.4 Å². The van der Waals surface area contributed by atoms with E-state index >= 15 is 0 Å². The summed E-state index contributed by atoms with van der Waals surface area (Å²) in [4.78, 5) is 2.41. The predicted octanol–water partition coefficient (Wildman–Crippen LogP) is 1.93. The maximum atomic E-state index is 13.1. The van der Waals surface area contributed by atoms with Gasteiger partial charge in [-0.25, -0.2) is 4.39 Å². The minimum Gasteiger partial charge on any atom is -0.312 e. The van der Waals surface area contributed by atoms with E-state index in [4.69, 9.17) is 0 Å². The van der Waals surface area contributed by atoms with Gasteiger partial charge in [0, 0.05) is 32.2 Å². The molecule has 1 aromatic rings. The molecule has 1 heterocycles. The van der Waals surface area contributed by atoms with Gasteiger partial charge in [0.05, 0.1) is 0 Å². The zero-order chi connectivity index (χ0) is 11.5. The number of aryl methyl sites for hydroxylation is 1. The van der Waals surface area contributed by atoms with Crippen LogP contribution in [0.25, 0.3) is 0 Å². The van der Waals surface area contributed by atoms with Gasteiger partial charge in [-0.2, -0.15) is 0 Å². The summed E-state index contributed by atoms with van der Waals surface area (Å²) in [7, 11) is 0. The number of nitrogens with one attached hydrogen (secondary N) is 1. The molecule has 0 unspecified atom stereocenters. The van der Waals surface area contributed by atoms with E-state index in [1.165, 1.54) is 5.56 Å². The predicted molar refractivity (Wildman–Crippen MR) is 63.9 cm³/mol. The molecule has 0 saturated carbocycles. The van der Waals surface area contributed by atoms with Gasteiger partial charge in [-0.15, -0.1) is 0 Å². The van der Waals surface area contributed by atoms with Gasteiger partial charge in [0.15, 0.2) is 0 Å². The number of rotatable bonds is 2. The second-order valence-corrected chi connectivity index (χ2v) is 4.67. The molecule has 1 aromatic carbocycles. The molecule has 1 aliphatic heterocycles. The van der Waals surface area contributed by atoms with Crippen LogP contribution in [0.2, 0.25) is 0 Å². The van der Waals surface area contributed by atoms with Gasteiger partial charge in [0.1, 0.15) is 5.82 Å². The molecule has 1 atom stereocenters. The molecule has 1 fully saturated rings. The third-order valence-corrected chi connectivity index (χ3v) is 3.08.